The van der Waals surface area contributed by atoms with Gasteiger partial charge < -0.3 is 11.5 Å². The molecule has 1 amide bonds. The lowest BCUT2D eigenvalue weighted by Gasteiger charge is -2.28. The first-order valence-corrected chi connectivity index (χ1v) is 7.47. The second kappa shape index (κ2) is 7.07. The summed E-state index contributed by atoms with van der Waals surface area (Å²) >= 11 is 6.30. The summed E-state index contributed by atoms with van der Waals surface area (Å²) in [7, 11) is 0. The van der Waals surface area contributed by atoms with E-state index in [2.05, 4.69) is 4.90 Å². The molecule has 1 aliphatic rings. The molecule has 5 heteroatoms. The van der Waals surface area contributed by atoms with Gasteiger partial charge in [0.05, 0.1) is 6.54 Å². The van der Waals surface area contributed by atoms with Gasteiger partial charge in [0.2, 0.25) is 5.91 Å². The van der Waals surface area contributed by atoms with Gasteiger partial charge in [-0.3, -0.25) is 9.69 Å². The molecule has 0 aromatic heterocycles. The van der Waals surface area contributed by atoms with Crippen LogP contribution in [0.15, 0.2) is 18.2 Å². The molecule has 0 bridgehead atoms. The second-order valence-electron chi connectivity index (χ2n) is 5.44. The van der Waals surface area contributed by atoms with Gasteiger partial charge in [-0.25, -0.2) is 0 Å². The minimum atomic E-state index is -0.286. The molecule has 110 valence electrons. The predicted molar refractivity (Wildman–Crippen MR) is 81.2 cm³/mol. The van der Waals surface area contributed by atoms with Crippen LogP contribution in [0.25, 0.3) is 0 Å². The fraction of sp³-hybridized carbons (Fsp3) is 0.533. The summed E-state index contributed by atoms with van der Waals surface area (Å²) < 4.78 is 0. The molecule has 0 radical (unpaired) electrons. The number of hydrogen-bond donors (Lipinski definition) is 2. The zero-order valence-electron chi connectivity index (χ0n) is 11.6. The summed E-state index contributed by atoms with van der Waals surface area (Å²) in [6.45, 7) is 1.44. The average molecular weight is 296 g/mol. The highest BCUT2D eigenvalue weighted by Crippen LogP contribution is 2.27. The predicted octanol–water partition coefficient (Wildman–Crippen LogP) is 2.03. The number of halogens is 1. The Morgan fingerprint density at radius 1 is 1.35 bits per heavy atom. The number of carbonyl (C=O) groups is 1. The Bertz CT molecular complexity index is 472. The summed E-state index contributed by atoms with van der Waals surface area (Å²) in [5, 5.41) is 0.709. The first-order chi connectivity index (χ1) is 9.60. The number of rotatable bonds is 6. The van der Waals surface area contributed by atoms with Crippen LogP contribution in [0.4, 0.5) is 0 Å². The van der Waals surface area contributed by atoms with E-state index in [0.29, 0.717) is 30.7 Å². The average Bonchev–Trinajstić information content (AvgIpc) is 2.93. The van der Waals surface area contributed by atoms with E-state index in [1.54, 1.807) is 0 Å². The second-order valence-corrected chi connectivity index (χ2v) is 5.85. The lowest BCUT2D eigenvalue weighted by atomic mass is 10.1. The molecule has 0 unspecified atom stereocenters. The fourth-order valence-corrected chi connectivity index (χ4v) is 3.11. The van der Waals surface area contributed by atoms with E-state index in [-0.39, 0.29) is 5.91 Å². The zero-order valence-corrected chi connectivity index (χ0v) is 12.4. The summed E-state index contributed by atoms with van der Waals surface area (Å²) in [6.07, 6.45) is 4.71. The van der Waals surface area contributed by atoms with Crippen LogP contribution < -0.4 is 11.5 Å². The van der Waals surface area contributed by atoms with Gasteiger partial charge in [0, 0.05) is 24.2 Å². The minimum Gasteiger partial charge on any atom is -0.369 e. The highest BCUT2D eigenvalue weighted by Gasteiger charge is 2.24. The largest absolute Gasteiger partial charge is 0.369 e. The van der Waals surface area contributed by atoms with Crippen LogP contribution in [0.3, 0.4) is 0 Å². The van der Waals surface area contributed by atoms with E-state index in [9.17, 15) is 4.79 Å². The topological polar surface area (TPSA) is 72.3 Å². The van der Waals surface area contributed by atoms with Crippen molar-refractivity contribution in [1.29, 1.82) is 0 Å². The quantitative estimate of drug-likeness (QED) is 0.843. The molecule has 0 saturated heterocycles. The molecular weight excluding hydrogens is 274 g/mol. The van der Waals surface area contributed by atoms with Crippen molar-refractivity contribution in [2.75, 3.05) is 6.54 Å². The number of nitrogens with zero attached hydrogens (tertiary/aromatic N) is 1. The number of hydrogen-bond acceptors (Lipinski definition) is 3. The normalized spacial score (nSPS) is 15.9. The summed E-state index contributed by atoms with van der Waals surface area (Å²) in [5.41, 5.74) is 13.0. The number of benzene rings is 1. The molecule has 0 spiro atoms. The molecule has 1 fully saturated rings. The Balaban J connectivity index is 2.11. The number of primary amides is 1. The molecular formula is C15H22ClN3O. The van der Waals surface area contributed by atoms with Crippen molar-refractivity contribution in [3.05, 3.63) is 34.3 Å². The van der Waals surface area contributed by atoms with Gasteiger partial charge in [0.15, 0.2) is 0 Å². The molecule has 1 aromatic carbocycles. The van der Waals surface area contributed by atoms with Gasteiger partial charge in [-0.05, 0) is 30.0 Å². The maximum atomic E-state index is 11.3. The molecule has 0 aliphatic heterocycles. The van der Waals surface area contributed by atoms with Crippen molar-refractivity contribution in [1.82, 2.24) is 4.90 Å². The van der Waals surface area contributed by atoms with E-state index >= 15 is 0 Å². The molecule has 4 nitrogen and oxygen atoms in total. The van der Waals surface area contributed by atoms with Crippen molar-refractivity contribution < 1.29 is 4.79 Å². The Kier molecular flexibility index (Phi) is 5.40. The van der Waals surface area contributed by atoms with Crippen LogP contribution in [-0.2, 0) is 17.9 Å². The van der Waals surface area contributed by atoms with Gasteiger partial charge in [-0.1, -0.05) is 36.6 Å². The van der Waals surface area contributed by atoms with Gasteiger partial charge in [0.25, 0.3) is 0 Å². The third-order valence-electron chi connectivity index (χ3n) is 3.93. The summed E-state index contributed by atoms with van der Waals surface area (Å²) in [5.74, 6) is -0.286. The third kappa shape index (κ3) is 3.95. The van der Waals surface area contributed by atoms with Crippen molar-refractivity contribution in [3.8, 4) is 0 Å². The smallest absolute Gasteiger partial charge is 0.231 e. The van der Waals surface area contributed by atoms with E-state index < -0.39 is 0 Å². The van der Waals surface area contributed by atoms with Crippen molar-refractivity contribution in [2.24, 2.45) is 11.5 Å². The van der Waals surface area contributed by atoms with Crippen LogP contribution in [-0.4, -0.2) is 23.4 Å². The minimum absolute atomic E-state index is 0.286. The Morgan fingerprint density at radius 2 is 2.05 bits per heavy atom. The third-order valence-corrected chi connectivity index (χ3v) is 4.28. The van der Waals surface area contributed by atoms with Crippen molar-refractivity contribution in [2.45, 2.75) is 44.8 Å². The number of carbonyl (C=O) groups excluding carboxylic acids is 1. The van der Waals surface area contributed by atoms with E-state index in [0.717, 1.165) is 24.0 Å². The summed E-state index contributed by atoms with van der Waals surface area (Å²) in [4.78, 5) is 13.4. The Hall–Kier alpha value is -1.10. The van der Waals surface area contributed by atoms with Gasteiger partial charge >= 0.3 is 0 Å². The highest BCUT2D eigenvalue weighted by molar-refractivity contribution is 6.31. The zero-order chi connectivity index (χ0) is 14.5. The van der Waals surface area contributed by atoms with Gasteiger partial charge in [-0.15, -0.1) is 0 Å². The molecule has 0 heterocycles. The van der Waals surface area contributed by atoms with Crippen molar-refractivity contribution in [3.63, 3.8) is 0 Å². The lowest BCUT2D eigenvalue weighted by molar-refractivity contribution is -0.119. The SMILES string of the molecule is NCc1ccc(CN(CC(N)=O)C2CCCC2)c(Cl)c1. The maximum absolute atomic E-state index is 11.3. The van der Waals surface area contributed by atoms with Crippen LogP contribution in [0.1, 0.15) is 36.8 Å². The van der Waals surface area contributed by atoms with E-state index in [1.165, 1.54) is 12.8 Å². The maximum Gasteiger partial charge on any atom is 0.231 e. The lowest BCUT2D eigenvalue weighted by Crippen LogP contribution is -2.39. The fourth-order valence-electron chi connectivity index (χ4n) is 2.85. The van der Waals surface area contributed by atoms with Crippen molar-refractivity contribution >= 4 is 17.5 Å². The summed E-state index contributed by atoms with van der Waals surface area (Å²) in [6, 6.07) is 6.31. The first kappa shape index (κ1) is 15.3. The molecule has 1 aliphatic carbocycles. The molecule has 20 heavy (non-hydrogen) atoms. The Labute approximate surface area is 125 Å². The Morgan fingerprint density at radius 3 is 2.60 bits per heavy atom. The van der Waals surface area contributed by atoms with Crippen LogP contribution in [0.5, 0.6) is 0 Å². The standard InChI is InChI=1S/C15H22ClN3O/c16-14-7-11(8-17)5-6-12(14)9-19(10-15(18)20)13-3-1-2-4-13/h5-7,13H,1-4,8-10,17H2,(H2,18,20). The molecule has 0 atom stereocenters. The number of nitrogens with two attached hydrogens (primary N) is 2. The first-order valence-electron chi connectivity index (χ1n) is 7.10. The van der Waals surface area contributed by atoms with Gasteiger partial charge in [-0.2, -0.15) is 0 Å². The van der Waals surface area contributed by atoms with Gasteiger partial charge in [0.1, 0.15) is 0 Å². The molecule has 2 rings (SSSR count). The number of amides is 1. The van der Waals surface area contributed by atoms with Crippen LogP contribution in [0, 0.1) is 0 Å². The van der Waals surface area contributed by atoms with E-state index in [4.69, 9.17) is 23.1 Å². The van der Waals surface area contributed by atoms with Crippen LogP contribution in [0.2, 0.25) is 5.02 Å². The van der Waals surface area contributed by atoms with Crippen LogP contribution >= 0.6 is 11.6 Å². The highest BCUT2D eigenvalue weighted by atomic mass is 35.5. The van der Waals surface area contributed by atoms with E-state index in [1.807, 2.05) is 18.2 Å². The monoisotopic (exact) mass is 295 g/mol. The molecule has 1 aromatic rings. The molecule has 1 saturated carbocycles. The molecule has 4 N–H and O–H groups in total.